The molecule has 0 bridgehead atoms. The molecular weight excluding hydrogens is 530 g/mol. The summed E-state index contributed by atoms with van der Waals surface area (Å²) in [6.07, 6.45) is 2.17. The number of aromatic nitrogens is 3. The van der Waals surface area contributed by atoms with Crippen LogP contribution >= 0.6 is 0 Å². The van der Waals surface area contributed by atoms with E-state index in [1.165, 1.54) is 0 Å². The summed E-state index contributed by atoms with van der Waals surface area (Å²) < 4.78 is 18.6. The van der Waals surface area contributed by atoms with Gasteiger partial charge in [-0.2, -0.15) is 0 Å². The maximum absolute atomic E-state index is 14.2. The Kier molecular flexibility index (Phi) is 9.47. The molecule has 4 heterocycles. The molecule has 0 unspecified atom stereocenters. The fraction of sp³-hybridized carbons (Fsp3) is 0.607. The van der Waals surface area contributed by atoms with Gasteiger partial charge in [0.15, 0.2) is 0 Å². The number of hydrogen-bond acceptors (Lipinski definition) is 9. The Morgan fingerprint density at radius 1 is 1.00 bits per heavy atom. The van der Waals surface area contributed by atoms with Crippen LogP contribution in [-0.2, 0) is 30.5 Å². The van der Waals surface area contributed by atoms with Crippen LogP contribution in [-0.4, -0.2) is 125 Å². The number of fused-ring (bicyclic) bond motifs is 2. The van der Waals surface area contributed by atoms with Crippen molar-refractivity contribution in [3.8, 4) is 5.75 Å². The summed E-state index contributed by atoms with van der Waals surface area (Å²) in [7, 11) is 0. The summed E-state index contributed by atoms with van der Waals surface area (Å²) >= 11 is 0. The molecule has 0 radical (unpaired) electrons. The third-order valence-corrected chi connectivity index (χ3v) is 7.82. The number of piperazine rings is 1. The van der Waals surface area contributed by atoms with Crippen LogP contribution in [0, 0.1) is 0 Å². The minimum atomic E-state index is -0.719. The number of ether oxygens (including phenoxy) is 3. The molecule has 0 spiro atoms. The topological polar surface area (TPSA) is 131 Å². The van der Waals surface area contributed by atoms with E-state index in [0.29, 0.717) is 51.5 Å². The Balaban J connectivity index is 1.36. The molecule has 222 valence electrons. The summed E-state index contributed by atoms with van der Waals surface area (Å²) in [4.78, 5) is 46.2. The Hall–Kier alpha value is -3.55. The van der Waals surface area contributed by atoms with E-state index in [4.69, 9.17) is 14.2 Å². The zero-order valence-electron chi connectivity index (χ0n) is 23.7. The predicted molar refractivity (Wildman–Crippen MR) is 147 cm³/mol. The van der Waals surface area contributed by atoms with E-state index in [1.54, 1.807) is 20.7 Å². The summed E-state index contributed by atoms with van der Waals surface area (Å²) in [5, 5.41) is 11.5. The van der Waals surface area contributed by atoms with Gasteiger partial charge in [0.2, 0.25) is 17.7 Å². The first-order valence-corrected chi connectivity index (χ1v) is 14.3. The lowest BCUT2D eigenvalue weighted by molar-refractivity contribution is -0.154. The number of para-hydroxylation sites is 1. The molecule has 1 aromatic carbocycles. The predicted octanol–water partition coefficient (Wildman–Crippen LogP) is 0.0833. The smallest absolute Gasteiger partial charge is 0.249 e. The molecule has 3 aliphatic rings. The van der Waals surface area contributed by atoms with E-state index in [-0.39, 0.29) is 56.2 Å². The van der Waals surface area contributed by atoms with Gasteiger partial charge in [-0.25, -0.2) is 4.68 Å². The van der Waals surface area contributed by atoms with E-state index in [2.05, 4.69) is 34.4 Å². The van der Waals surface area contributed by atoms with Gasteiger partial charge < -0.3 is 29.3 Å². The molecule has 13 heteroatoms. The number of rotatable bonds is 5. The minimum Gasteiger partial charge on any atom is -0.487 e. The van der Waals surface area contributed by atoms with Crippen molar-refractivity contribution in [3.63, 3.8) is 0 Å². The van der Waals surface area contributed by atoms with E-state index in [1.807, 2.05) is 30.3 Å². The van der Waals surface area contributed by atoms with Crippen molar-refractivity contribution in [2.45, 2.75) is 51.0 Å². The largest absolute Gasteiger partial charge is 0.487 e. The second-order valence-corrected chi connectivity index (χ2v) is 10.8. The number of nitrogens with one attached hydrogen (secondary N) is 1. The molecule has 2 aromatic rings. The van der Waals surface area contributed by atoms with Gasteiger partial charge in [-0.05, 0) is 26.0 Å². The fourth-order valence-corrected chi connectivity index (χ4v) is 5.53. The maximum atomic E-state index is 14.2. The van der Waals surface area contributed by atoms with E-state index >= 15 is 0 Å². The fourth-order valence-electron chi connectivity index (χ4n) is 5.53. The summed E-state index contributed by atoms with van der Waals surface area (Å²) in [6, 6.07) is 7.96. The lowest BCUT2D eigenvalue weighted by atomic mass is 10.1. The monoisotopic (exact) mass is 569 g/mol. The molecule has 13 nitrogen and oxygen atoms in total. The van der Waals surface area contributed by atoms with E-state index in [9.17, 15) is 14.4 Å². The standard InChI is InChI=1S/C28H39N7O6/c1-20(2)32-9-10-33-25(17-32)28(38)34-16-22(35-15-21(30-31-35)18-41-23-6-4-3-5-7-23)14-24(34)27(37)29-8-11-39-12-13-40-19-26(33)36/h3-7,15,20,22,24-25H,8-14,16-19H2,1-2H3,(H,29,37)/t22-,24-,25-/m0/s1. The van der Waals surface area contributed by atoms with Crippen LogP contribution in [0.4, 0.5) is 0 Å². The molecule has 0 aliphatic carbocycles. The average Bonchev–Trinajstić information content (AvgIpc) is 3.64. The highest BCUT2D eigenvalue weighted by atomic mass is 16.5. The number of hydrogen-bond donors (Lipinski definition) is 1. The lowest BCUT2D eigenvalue weighted by Crippen LogP contribution is -2.63. The number of nitrogens with zero attached hydrogens (tertiary/aromatic N) is 6. The summed E-state index contributed by atoms with van der Waals surface area (Å²) in [5.41, 5.74) is 0.642. The van der Waals surface area contributed by atoms with Crippen LogP contribution in [0.3, 0.4) is 0 Å². The number of carbonyl (C=O) groups is 3. The molecule has 3 amide bonds. The zero-order chi connectivity index (χ0) is 28.8. The van der Waals surface area contributed by atoms with Crippen molar-refractivity contribution in [3.05, 3.63) is 42.2 Å². The van der Waals surface area contributed by atoms with Crippen molar-refractivity contribution < 1.29 is 28.6 Å². The van der Waals surface area contributed by atoms with Gasteiger partial charge in [-0.1, -0.05) is 23.4 Å². The van der Waals surface area contributed by atoms with Crippen molar-refractivity contribution in [1.29, 1.82) is 0 Å². The first-order valence-electron chi connectivity index (χ1n) is 14.3. The minimum absolute atomic E-state index is 0.120. The first-order chi connectivity index (χ1) is 19.9. The molecule has 3 saturated heterocycles. The molecular formula is C28H39N7O6. The quantitative estimate of drug-likeness (QED) is 0.532. The van der Waals surface area contributed by atoms with Gasteiger partial charge in [-0.3, -0.25) is 19.3 Å². The Morgan fingerprint density at radius 3 is 2.61 bits per heavy atom. The van der Waals surface area contributed by atoms with Crippen LogP contribution < -0.4 is 10.1 Å². The number of benzene rings is 1. The number of carbonyl (C=O) groups excluding carboxylic acids is 3. The number of amides is 3. The SMILES string of the molecule is CC(C)N1CCN2C(=O)COCCOCCNC(=O)[C@@H]3C[C@H](n4cc(COc5ccccc5)nn4)CN3C(=O)[C@@H]2C1. The van der Waals surface area contributed by atoms with Crippen molar-refractivity contribution in [2.24, 2.45) is 0 Å². The van der Waals surface area contributed by atoms with Crippen LogP contribution in [0.15, 0.2) is 36.5 Å². The normalized spacial score (nSPS) is 25.3. The third kappa shape index (κ3) is 7.03. The molecule has 3 aliphatic heterocycles. The van der Waals surface area contributed by atoms with Gasteiger partial charge in [-0.15, -0.1) is 5.10 Å². The van der Waals surface area contributed by atoms with E-state index < -0.39 is 12.1 Å². The second-order valence-electron chi connectivity index (χ2n) is 10.8. The Labute approximate surface area is 239 Å². The maximum Gasteiger partial charge on any atom is 0.249 e. The van der Waals surface area contributed by atoms with Crippen LogP contribution in [0.25, 0.3) is 0 Å². The van der Waals surface area contributed by atoms with Gasteiger partial charge in [0.25, 0.3) is 0 Å². The van der Waals surface area contributed by atoms with Crippen LogP contribution in [0.2, 0.25) is 0 Å². The average molecular weight is 570 g/mol. The molecule has 41 heavy (non-hydrogen) atoms. The zero-order valence-corrected chi connectivity index (χ0v) is 23.7. The molecule has 5 rings (SSSR count). The van der Waals surface area contributed by atoms with Gasteiger partial charge in [0, 0.05) is 45.2 Å². The highest BCUT2D eigenvalue weighted by Crippen LogP contribution is 2.29. The second kappa shape index (κ2) is 13.4. The molecule has 1 aromatic heterocycles. The summed E-state index contributed by atoms with van der Waals surface area (Å²) in [5.74, 6) is -0.00635. The Morgan fingerprint density at radius 2 is 1.80 bits per heavy atom. The van der Waals surface area contributed by atoms with Gasteiger partial charge in [0.1, 0.15) is 36.7 Å². The molecule has 1 N–H and O–H groups in total. The van der Waals surface area contributed by atoms with Crippen molar-refractivity contribution >= 4 is 17.7 Å². The molecule has 0 saturated carbocycles. The first kappa shape index (κ1) is 29.0. The molecule has 3 atom stereocenters. The highest BCUT2D eigenvalue weighted by Gasteiger charge is 2.46. The van der Waals surface area contributed by atoms with Gasteiger partial charge in [0.05, 0.1) is 32.1 Å². The van der Waals surface area contributed by atoms with Crippen LogP contribution in [0.5, 0.6) is 5.75 Å². The van der Waals surface area contributed by atoms with Crippen LogP contribution in [0.1, 0.15) is 32.0 Å². The van der Waals surface area contributed by atoms with Gasteiger partial charge >= 0.3 is 0 Å². The van der Waals surface area contributed by atoms with E-state index in [0.717, 1.165) is 5.75 Å². The summed E-state index contributed by atoms with van der Waals surface area (Å²) in [6.45, 7) is 7.20. The van der Waals surface area contributed by atoms with Crippen molar-refractivity contribution in [1.82, 2.24) is 35.0 Å². The highest BCUT2D eigenvalue weighted by molar-refractivity contribution is 5.93. The molecule has 3 fully saturated rings. The Bertz CT molecular complexity index is 1190. The lowest BCUT2D eigenvalue weighted by Gasteiger charge is -2.43. The van der Waals surface area contributed by atoms with Crippen molar-refractivity contribution in [2.75, 3.05) is 59.2 Å². The third-order valence-electron chi connectivity index (χ3n) is 7.82.